The molecule has 128 valence electrons. The Balaban J connectivity index is 1.43. The van der Waals surface area contributed by atoms with E-state index in [1.54, 1.807) is 0 Å². The van der Waals surface area contributed by atoms with E-state index >= 15 is 0 Å². The number of aromatic nitrogens is 4. The van der Waals surface area contributed by atoms with Crippen LogP contribution < -0.4 is 0 Å². The first-order valence-corrected chi connectivity index (χ1v) is 8.40. The van der Waals surface area contributed by atoms with Crippen LogP contribution in [-0.4, -0.2) is 51.7 Å². The second-order valence-electron chi connectivity index (χ2n) is 6.63. The fourth-order valence-electron chi connectivity index (χ4n) is 3.39. The van der Waals surface area contributed by atoms with Gasteiger partial charge in [0.25, 0.3) is 0 Å². The summed E-state index contributed by atoms with van der Waals surface area (Å²) in [5, 5.41) is 12.1. The van der Waals surface area contributed by atoms with Crippen molar-refractivity contribution in [3.8, 4) is 0 Å². The Kier molecular flexibility index (Phi) is 4.30. The summed E-state index contributed by atoms with van der Waals surface area (Å²) in [7, 11) is 0. The van der Waals surface area contributed by atoms with Crippen molar-refractivity contribution in [2.24, 2.45) is 0 Å². The van der Waals surface area contributed by atoms with E-state index in [2.05, 4.69) is 41.5 Å². The number of fused-ring (bicyclic) bond motifs is 1. The number of hydrogen-bond donors (Lipinski definition) is 0. The minimum Gasteiger partial charge on any atom is -0.370 e. The molecule has 4 atom stereocenters. The molecule has 0 unspecified atom stereocenters. The van der Waals surface area contributed by atoms with E-state index in [0.717, 1.165) is 11.4 Å². The molecule has 0 spiro atoms. The molecule has 2 fully saturated rings. The number of benzene rings is 1. The van der Waals surface area contributed by atoms with Gasteiger partial charge in [-0.1, -0.05) is 44.2 Å². The second-order valence-corrected chi connectivity index (χ2v) is 6.63. The van der Waals surface area contributed by atoms with Gasteiger partial charge in [-0.25, -0.2) is 4.68 Å². The monoisotopic (exact) mass is 330 g/mol. The molecule has 2 aliphatic rings. The molecule has 0 amide bonds. The first-order chi connectivity index (χ1) is 11.7. The van der Waals surface area contributed by atoms with Crippen molar-refractivity contribution in [1.29, 1.82) is 0 Å². The summed E-state index contributed by atoms with van der Waals surface area (Å²) in [6.45, 7) is 5.81. The van der Waals surface area contributed by atoms with Crippen LogP contribution in [0.15, 0.2) is 30.3 Å². The van der Waals surface area contributed by atoms with E-state index in [-0.39, 0.29) is 30.3 Å². The van der Waals surface area contributed by atoms with Crippen LogP contribution in [0.4, 0.5) is 0 Å². The fraction of sp³-hybridized carbons (Fsp3) is 0.588. The predicted molar refractivity (Wildman–Crippen MR) is 85.4 cm³/mol. The summed E-state index contributed by atoms with van der Waals surface area (Å²) < 4.78 is 19.9. The Morgan fingerprint density at radius 1 is 1.17 bits per heavy atom. The van der Waals surface area contributed by atoms with Crippen LogP contribution in [0, 0.1) is 0 Å². The molecule has 0 N–H and O–H groups in total. The standard InChI is InChI=1S/C17H22N4O3/c1-11(2)17-18-19-20-21(17)13-9-23-16-14(10-24-15(13)16)22-8-12-6-4-3-5-7-12/h3-7,11,13-16H,8-10H2,1-2H3/t13-,14+,15+,16+/m0/s1. The molecule has 4 rings (SSSR count). The SMILES string of the molecule is CC(C)c1nnnn1[C@H]1CO[C@H]2[C@@H]1OC[C@H]2OCc1ccccc1. The van der Waals surface area contributed by atoms with Crippen molar-refractivity contribution in [3.63, 3.8) is 0 Å². The number of nitrogens with zero attached hydrogens (tertiary/aromatic N) is 4. The lowest BCUT2D eigenvalue weighted by atomic mass is 10.1. The summed E-state index contributed by atoms with van der Waals surface area (Å²) in [6.07, 6.45) is -0.186. The Labute approximate surface area is 140 Å². The largest absolute Gasteiger partial charge is 0.370 e. The van der Waals surface area contributed by atoms with Gasteiger partial charge in [-0.05, 0) is 16.0 Å². The van der Waals surface area contributed by atoms with Gasteiger partial charge in [-0.3, -0.25) is 0 Å². The molecular weight excluding hydrogens is 308 g/mol. The summed E-state index contributed by atoms with van der Waals surface area (Å²) in [5.41, 5.74) is 1.15. The third kappa shape index (κ3) is 2.83. The number of hydrogen-bond acceptors (Lipinski definition) is 6. The predicted octanol–water partition coefficient (Wildman–Crippen LogP) is 1.72. The highest BCUT2D eigenvalue weighted by atomic mass is 16.6. The van der Waals surface area contributed by atoms with Crippen molar-refractivity contribution in [2.45, 2.75) is 50.7 Å². The molecule has 24 heavy (non-hydrogen) atoms. The molecule has 3 heterocycles. The topological polar surface area (TPSA) is 71.3 Å². The van der Waals surface area contributed by atoms with E-state index in [1.807, 2.05) is 22.9 Å². The van der Waals surface area contributed by atoms with Crippen LogP contribution >= 0.6 is 0 Å². The van der Waals surface area contributed by atoms with Crippen molar-refractivity contribution < 1.29 is 14.2 Å². The lowest BCUT2D eigenvalue weighted by Crippen LogP contribution is -2.32. The second kappa shape index (κ2) is 6.58. The van der Waals surface area contributed by atoms with E-state index in [9.17, 15) is 0 Å². The normalized spacial score (nSPS) is 29.3. The van der Waals surface area contributed by atoms with Crippen molar-refractivity contribution in [2.75, 3.05) is 13.2 Å². The first kappa shape index (κ1) is 15.7. The Morgan fingerprint density at radius 2 is 1.96 bits per heavy atom. The minimum atomic E-state index is -0.0667. The summed E-state index contributed by atoms with van der Waals surface area (Å²) in [4.78, 5) is 0. The summed E-state index contributed by atoms with van der Waals surface area (Å²) in [5.74, 6) is 1.12. The zero-order valence-corrected chi connectivity index (χ0v) is 13.9. The van der Waals surface area contributed by atoms with Gasteiger partial charge in [0.05, 0.1) is 19.8 Å². The van der Waals surface area contributed by atoms with Gasteiger partial charge >= 0.3 is 0 Å². The van der Waals surface area contributed by atoms with Gasteiger partial charge in [-0.15, -0.1) is 5.10 Å². The zero-order valence-electron chi connectivity index (χ0n) is 13.9. The van der Waals surface area contributed by atoms with Crippen molar-refractivity contribution in [1.82, 2.24) is 20.2 Å². The maximum absolute atomic E-state index is 6.04. The average molecular weight is 330 g/mol. The van der Waals surface area contributed by atoms with Crippen LogP contribution in [0.5, 0.6) is 0 Å². The highest BCUT2D eigenvalue weighted by Gasteiger charge is 2.50. The van der Waals surface area contributed by atoms with E-state index in [1.165, 1.54) is 0 Å². The molecule has 0 bridgehead atoms. The molecule has 2 saturated heterocycles. The maximum atomic E-state index is 6.04. The molecule has 1 aromatic carbocycles. The molecule has 2 aromatic rings. The van der Waals surface area contributed by atoms with Crippen LogP contribution in [-0.2, 0) is 20.8 Å². The molecule has 0 aliphatic carbocycles. The highest BCUT2D eigenvalue weighted by Crippen LogP contribution is 2.36. The Hall–Kier alpha value is -1.83. The Morgan fingerprint density at radius 3 is 2.75 bits per heavy atom. The van der Waals surface area contributed by atoms with Crippen LogP contribution in [0.2, 0.25) is 0 Å². The van der Waals surface area contributed by atoms with E-state index < -0.39 is 0 Å². The van der Waals surface area contributed by atoms with E-state index in [4.69, 9.17) is 14.2 Å². The van der Waals surface area contributed by atoms with Crippen LogP contribution in [0.1, 0.15) is 37.2 Å². The van der Waals surface area contributed by atoms with Crippen molar-refractivity contribution in [3.05, 3.63) is 41.7 Å². The summed E-state index contributed by atoms with van der Waals surface area (Å²) >= 11 is 0. The first-order valence-electron chi connectivity index (χ1n) is 8.40. The summed E-state index contributed by atoms with van der Waals surface area (Å²) in [6, 6.07) is 10.2. The average Bonchev–Trinajstić information content (AvgIpc) is 3.30. The zero-order chi connectivity index (χ0) is 16.5. The van der Waals surface area contributed by atoms with E-state index in [0.29, 0.717) is 19.8 Å². The van der Waals surface area contributed by atoms with Crippen LogP contribution in [0.25, 0.3) is 0 Å². The molecule has 1 aromatic heterocycles. The van der Waals surface area contributed by atoms with Gasteiger partial charge in [0.15, 0.2) is 5.82 Å². The van der Waals surface area contributed by atoms with Gasteiger partial charge in [0, 0.05) is 5.92 Å². The third-order valence-corrected chi connectivity index (χ3v) is 4.64. The number of rotatable bonds is 5. The molecule has 7 nitrogen and oxygen atoms in total. The van der Waals surface area contributed by atoms with Gasteiger partial charge < -0.3 is 14.2 Å². The maximum Gasteiger partial charge on any atom is 0.154 e. The molecule has 0 saturated carbocycles. The van der Waals surface area contributed by atoms with Crippen molar-refractivity contribution >= 4 is 0 Å². The number of tetrazole rings is 1. The lowest BCUT2D eigenvalue weighted by molar-refractivity contribution is -0.0400. The molecule has 2 aliphatic heterocycles. The van der Waals surface area contributed by atoms with Crippen LogP contribution in [0.3, 0.4) is 0 Å². The quantitative estimate of drug-likeness (QED) is 0.831. The number of ether oxygens (including phenoxy) is 3. The molecule has 7 heteroatoms. The highest BCUT2D eigenvalue weighted by molar-refractivity contribution is 5.13. The smallest absolute Gasteiger partial charge is 0.154 e. The minimum absolute atomic E-state index is 0.00715. The fourth-order valence-corrected chi connectivity index (χ4v) is 3.39. The van der Waals surface area contributed by atoms with Gasteiger partial charge in [0.1, 0.15) is 24.4 Å². The Bertz CT molecular complexity index is 675. The third-order valence-electron chi connectivity index (χ3n) is 4.64. The van der Waals surface area contributed by atoms with Gasteiger partial charge in [0.2, 0.25) is 0 Å². The lowest BCUT2D eigenvalue weighted by Gasteiger charge is -2.18. The van der Waals surface area contributed by atoms with Gasteiger partial charge in [-0.2, -0.15) is 0 Å². The molecular formula is C17H22N4O3. The molecule has 0 radical (unpaired) electrons.